The Labute approximate surface area is 160 Å². The Morgan fingerprint density at radius 2 is 1.61 bits per heavy atom. The summed E-state index contributed by atoms with van der Waals surface area (Å²) in [7, 11) is 1.30. The number of esters is 1. The Hall–Kier alpha value is -3.81. The van der Waals surface area contributed by atoms with E-state index in [0.717, 1.165) is 0 Å². The average Bonchev–Trinajstić information content (AvgIpc) is 2.69. The Morgan fingerprint density at radius 3 is 2.25 bits per heavy atom. The van der Waals surface area contributed by atoms with E-state index in [9.17, 15) is 14.0 Å². The maximum atomic E-state index is 13.0. The summed E-state index contributed by atoms with van der Waals surface area (Å²) < 4.78 is 17.7. The van der Waals surface area contributed by atoms with Gasteiger partial charge in [-0.1, -0.05) is 0 Å². The molecule has 2 aromatic carbocycles. The Bertz CT molecular complexity index is 1000. The standard InChI is InChI=1S/C20H17FN4O3/c1-12-22-17(11-18(23-12)24-15-9-5-14(21)6-10-15)19(26)25-16-7-3-13(4-8-16)20(27)28-2/h3-11H,1-2H3,(H,25,26)(H,22,23,24). The Kier molecular flexibility index (Phi) is 5.59. The van der Waals surface area contributed by atoms with Gasteiger partial charge < -0.3 is 15.4 Å². The summed E-state index contributed by atoms with van der Waals surface area (Å²) in [4.78, 5) is 32.4. The second-order valence-electron chi connectivity index (χ2n) is 5.84. The second-order valence-corrected chi connectivity index (χ2v) is 5.84. The molecule has 2 N–H and O–H groups in total. The van der Waals surface area contributed by atoms with Crippen LogP contribution in [0.4, 0.5) is 21.6 Å². The van der Waals surface area contributed by atoms with Crippen LogP contribution in [0.1, 0.15) is 26.7 Å². The van der Waals surface area contributed by atoms with Crippen LogP contribution in [0.15, 0.2) is 54.6 Å². The third-order valence-corrected chi connectivity index (χ3v) is 3.75. The summed E-state index contributed by atoms with van der Waals surface area (Å²) in [5, 5.41) is 5.72. The quantitative estimate of drug-likeness (QED) is 0.656. The van der Waals surface area contributed by atoms with Gasteiger partial charge in [0.15, 0.2) is 0 Å². The van der Waals surface area contributed by atoms with Crippen molar-refractivity contribution in [3.63, 3.8) is 0 Å². The van der Waals surface area contributed by atoms with Crippen LogP contribution in [-0.2, 0) is 4.74 Å². The number of aryl methyl sites for hydroxylation is 1. The second kappa shape index (κ2) is 8.26. The summed E-state index contributed by atoms with van der Waals surface area (Å²) in [5.74, 6) is -0.425. The van der Waals surface area contributed by atoms with E-state index in [1.165, 1.54) is 25.3 Å². The first-order chi connectivity index (χ1) is 13.4. The van der Waals surface area contributed by atoms with Gasteiger partial charge in [0.25, 0.3) is 5.91 Å². The Balaban J connectivity index is 1.75. The van der Waals surface area contributed by atoms with Gasteiger partial charge in [0.1, 0.15) is 23.2 Å². The fourth-order valence-electron chi connectivity index (χ4n) is 2.43. The van der Waals surface area contributed by atoms with Gasteiger partial charge in [0.2, 0.25) is 0 Å². The molecule has 1 amide bonds. The molecule has 3 rings (SSSR count). The SMILES string of the molecule is COC(=O)c1ccc(NC(=O)c2cc(Nc3ccc(F)cc3)nc(C)n2)cc1. The molecule has 0 aliphatic carbocycles. The first kappa shape index (κ1) is 19.0. The van der Waals surface area contributed by atoms with Gasteiger partial charge in [0.05, 0.1) is 12.7 Å². The molecule has 0 unspecified atom stereocenters. The van der Waals surface area contributed by atoms with Gasteiger partial charge >= 0.3 is 5.97 Å². The molecule has 1 aromatic heterocycles. The first-order valence-corrected chi connectivity index (χ1v) is 8.32. The number of hydrogen-bond acceptors (Lipinski definition) is 6. The molecular formula is C20H17FN4O3. The van der Waals surface area contributed by atoms with E-state index in [2.05, 4.69) is 25.3 Å². The van der Waals surface area contributed by atoms with Crippen LogP contribution >= 0.6 is 0 Å². The van der Waals surface area contributed by atoms with Crippen molar-refractivity contribution in [1.82, 2.24) is 9.97 Å². The van der Waals surface area contributed by atoms with Crippen molar-refractivity contribution in [2.75, 3.05) is 17.7 Å². The molecular weight excluding hydrogens is 363 g/mol. The molecule has 0 aliphatic rings. The molecule has 142 valence electrons. The van der Waals surface area contributed by atoms with E-state index in [1.807, 2.05) is 0 Å². The number of methoxy groups -OCH3 is 1. The van der Waals surface area contributed by atoms with Crippen molar-refractivity contribution < 1.29 is 18.7 Å². The number of aromatic nitrogens is 2. The van der Waals surface area contributed by atoms with Gasteiger partial charge in [-0.2, -0.15) is 0 Å². The molecule has 0 aliphatic heterocycles. The van der Waals surface area contributed by atoms with Crippen LogP contribution in [0.25, 0.3) is 0 Å². The van der Waals surface area contributed by atoms with Crippen LogP contribution in [0.5, 0.6) is 0 Å². The number of benzene rings is 2. The predicted molar refractivity (Wildman–Crippen MR) is 102 cm³/mol. The number of halogens is 1. The average molecular weight is 380 g/mol. The summed E-state index contributed by atoms with van der Waals surface area (Å²) in [5.41, 5.74) is 1.67. The fraction of sp³-hybridized carbons (Fsp3) is 0.100. The molecule has 0 atom stereocenters. The van der Waals surface area contributed by atoms with Crippen molar-refractivity contribution in [3.05, 3.63) is 77.5 Å². The maximum absolute atomic E-state index is 13.0. The summed E-state index contributed by atoms with van der Waals surface area (Å²) in [6, 6.07) is 13.6. The Morgan fingerprint density at radius 1 is 0.964 bits per heavy atom. The minimum atomic E-state index is -0.458. The van der Waals surface area contributed by atoms with Crippen LogP contribution < -0.4 is 10.6 Å². The van der Waals surface area contributed by atoms with Crippen molar-refractivity contribution >= 4 is 29.1 Å². The highest BCUT2D eigenvalue weighted by Gasteiger charge is 2.12. The minimum absolute atomic E-state index is 0.161. The van der Waals surface area contributed by atoms with E-state index in [1.54, 1.807) is 43.3 Å². The van der Waals surface area contributed by atoms with Crippen LogP contribution in [0.2, 0.25) is 0 Å². The van der Waals surface area contributed by atoms with E-state index >= 15 is 0 Å². The number of carbonyl (C=O) groups excluding carboxylic acids is 2. The third-order valence-electron chi connectivity index (χ3n) is 3.75. The molecule has 0 saturated carbocycles. The van der Waals surface area contributed by atoms with Crippen LogP contribution in [0, 0.1) is 12.7 Å². The van der Waals surface area contributed by atoms with Gasteiger partial charge in [-0.15, -0.1) is 0 Å². The number of nitrogens with one attached hydrogen (secondary N) is 2. The van der Waals surface area contributed by atoms with Crippen molar-refractivity contribution in [2.24, 2.45) is 0 Å². The van der Waals surface area contributed by atoms with E-state index in [4.69, 9.17) is 0 Å². The number of amides is 1. The molecule has 8 heteroatoms. The number of rotatable bonds is 5. The molecule has 0 fully saturated rings. The van der Waals surface area contributed by atoms with Crippen molar-refractivity contribution in [3.8, 4) is 0 Å². The number of carbonyl (C=O) groups is 2. The molecule has 0 bridgehead atoms. The number of nitrogens with zero attached hydrogens (tertiary/aromatic N) is 2. The maximum Gasteiger partial charge on any atom is 0.337 e. The fourth-order valence-corrected chi connectivity index (χ4v) is 2.43. The molecule has 7 nitrogen and oxygen atoms in total. The van der Waals surface area contributed by atoms with Crippen molar-refractivity contribution in [2.45, 2.75) is 6.92 Å². The lowest BCUT2D eigenvalue weighted by molar-refractivity contribution is 0.0600. The molecule has 0 spiro atoms. The number of ether oxygens (including phenoxy) is 1. The minimum Gasteiger partial charge on any atom is -0.465 e. The monoisotopic (exact) mass is 380 g/mol. The highest BCUT2D eigenvalue weighted by atomic mass is 19.1. The molecule has 0 saturated heterocycles. The third kappa shape index (κ3) is 4.67. The van der Waals surface area contributed by atoms with E-state index in [0.29, 0.717) is 28.6 Å². The normalized spacial score (nSPS) is 10.2. The summed E-state index contributed by atoms with van der Waals surface area (Å²) in [6.07, 6.45) is 0. The molecule has 0 radical (unpaired) electrons. The van der Waals surface area contributed by atoms with Crippen molar-refractivity contribution in [1.29, 1.82) is 0 Å². The lowest BCUT2D eigenvalue weighted by Crippen LogP contribution is -2.15. The predicted octanol–water partition coefficient (Wildman–Crippen LogP) is 3.71. The lowest BCUT2D eigenvalue weighted by atomic mass is 10.2. The smallest absolute Gasteiger partial charge is 0.337 e. The summed E-state index contributed by atoms with van der Waals surface area (Å²) in [6.45, 7) is 1.66. The zero-order valence-corrected chi connectivity index (χ0v) is 15.2. The molecule has 1 heterocycles. The number of anilines is 3. The van der Waals surface area contributed by atoms with E-state index < -0.39 is 11.9 Å². The zero-order chi connectivity index (χ0) is 20.1. The first-order valence-electron chi connectivity index (χ1n) is 8.32. The van der Waals surface area contributed by atoms with Crippen LogP contribution in [0.3, 0.4) is 0 Å². The summed E-state index contributed by atoms with van der Waals surface area (Å²) >= 11 is 0. The van der Waals surface area contributed by atoms with Gasteiger partial charge in [0, 0.05) is 17.4 Å². The highest BCUT2D eigenvalue weighted by Crippen LogP contribution is 2.17. The lowest BCUT2D eigenvalue weighted by Gasteiger charge is -2.09. The van der Waals surface area contributed by atoms with Gasteiger partial charge in [-0.3, -0.25) is 4.79 Å². The molecule has 28 heavy (non-hydrogen) atoms. The molecule has 3 aromatic rings. The van der Waals surface area contributed by atoms with Gasteiger partial charge in [-0.05, 0) is 55.5 Å². The highest BCUT2D eigenvalue weighted by molar-refractivity contribution is 6.03. The van der Waals surface area contributed by atoms with Crippen LogP contribution in [-0.4, -0.2) is 29.0 Å². The zero-order valence-electron chi connectivity index (χ0n) is 15.2. The van der Waals surface area contributed by atoms with E-state index in [-0.39, 0.29) is 11.5 Å². The largest absolute Gasteiger partial charge is 0.465 e. The topological polar surface area (TPSA) is 93.2 Å². The number of hydrogen-bond donors (Lipinski definition) is 2. The van der Waals surface area contributed by atoms with Gasteiger partial charge in [-0.25, -0.2) is 19.2 Å².